The normalized spacial score (nSPS) is 18.4. The summed E-state index contributed by atoms with van der Waals surface area (Å²) < 4.78 is 24.0. The molecule has 9 nitrogen and oxygen atoms in total. The minimum atomic E-state index is -0.594. The lowest BCUT2D eigenvalue weighted by molar-refractivity contribution is -0.119. The lowest BCUT2D eigenvalue weighted by atomic mass is 10.0. The summed E-state index contributed by atoms with van der Waals surface area (Å²) in [5.74, 6) is -0.290. The number of nitrogens with zero attached hydrogens (tertiary/aromatic N) is 4. The molecule has 1 aromatic heterocycles. The quantitative estimate of drug-likeness (QED) is 0.362. The number of fused-ring (bicyclic) bond motifs is 3. The third-order valence-electron chi connectivity index (χ3n) is 7.99. The summed E-state index contributed by atoms with van der Waals surface area (Å²) in [6.45, 7) is 2.44. The molecule has 3 aliphatic heterocycles. The molecule has 0 saturated carbocycles. The number of carbonyl (C=O) groups excluding carboxylic acids is 2. The van der Waals surface area contributed by atoms with Gasteiger partial charge in [-0.3, -0.25) is 14.4 Å². The van der Waals surface area contributed by atoms with Crippen LogP contribution in [-0.4, -0.2) is 72.0 Å². The molecule has 0 bridgehead atoms. The maximum Gasteiger partial charge on any atom is 0.259 e. The predicted octanol–water partition coefficient (Wildman–Crippen LogP) is 2.84. The van der Waals surface area contributed by atoms with E-state index in [4.69, 9.17) is 10.5 Å². The van der Waals surface area contributed by atoms with Crippen LogP contribution in [-0.2, 0) is 4.79 Å². The van der Waals surface area contributed by atoms with Gasteiger partial charge < -0.3 is 29.7 Å². The molecule has 4 heterocycles. The summed E-state index contributed by atoms with van der Waals surface area (Å²) in [5.41, 5.74) is 6.88. The average Bonchev–Trinajstić information content (AvgIpc) is 3.38. The van der Waals surface area contributed by atoms with Crippen LogP contribution in [0.5, 0.6) is 11.5 Å². The number of amides is 2. The van der Waals surface area contributed by atoms with E-state index < -0.39 is 17.2 Å². The Bertz CT molecular complexity index is 1740. The van der Waals surface area contributed by atoms with E-state index in [-0.39, 0.29) is 28.4 Å². The van der Waals surface area contributed by atoms with E-state index in [0.717, 1.165) is 23.6 Å². The van der Waals surface area contributed by atoms with E-state index in [1.165, 1.54) is 6.07 Å². The van der Waals surface area contributed by atoms with Crippen LogP contribution < -0.4 is 20.8 Å². The van der Waals surface area contributed by atoms with Crippen LogP contribution in [0.4, 0.5) is 10.1 Å². The summed E-state index contributed by atoms with van der Waals surface area (Å²) >= 11 is 0. The van der Waals surface area contributed by atoms with Crippen LogP contribution in [0.15, 0.2) is 53.5 Å². The molecule has 10 heteroatoms. The topological polar surface area (TPSA) is 101 Å². The maximum absolute atomic E-state index is 15.8. The Morgan fingerprint density at radius 1 is 1.05 bits per heavy atom. The van der Waals surface area contributed by atoms with Crippen molar-refractivity contribution in [1.82, 2.24) is 14.4 Å². The number of rotatable bonds is 3. The van der Waals surface area contributed by atoms with E-state index in [9.17, 15) is 14.4 Å². The highest BCUT2D eigenvalue weighted by Crippen LogP contribution is 2.48. The largest absolute Gasteiger partial charge is 0.451 e. The van der Waals surface area contributed by atoms with Crippen molar-refractivity contribution in [2.24, 2.45) is 5.73 Å². The zero-order valence-corrected chi connectivity index (χ0v) is 21.1. The Morgan fingerprint density at radius 2 is 1.79 bits per heavy atom. The second-order valence-electron chi connectivity index (χ2n) is 10.4. The molecule has 4 aromatic rings. The first kappa shape index (κ1) is 23.7. The first-order valence-electron chi connectivity index (χ1n) is 13.0. The second kappa shape index (κ2) is 8.81. The summed E-state index contributed by atoms with van der Waals surface area (Å²) in [7, 11) is 0. The molecule has 2 fully saturated rings. The number of carbonyl (C=O) groups is 2. The number of anilines is 1. The number of aromatic nitrogens is 1. The van der Waals surface area contributed by atoms with Gasteiger partial charge in [-0.15, -0.1) is 0 Å². The number of ether oxygens (including phenoxy) is 1. The van der Waals surface area contributed by atoms with Gasteiger partial charge >= 0.3 is 0 Å². The Morgan fingerprint density at radius 3 is 2.49 bits per heavy atom. The Balaban J connectivity index is 1.47. The van der Waals surface area contributed by atoms with Crippen LogP contribution in [0.3, 0.4) is 0 Å². The van der Waals surface area contributed by atoms with Crippen LogP contribution >= 0.6 is 0 Å². The Kier molecular flexibility index (Phi) is 5.34. The van der Waals surface area contributed by atoms with Gasteiger partial charge in [-0.05, 0) is 35.4 Å². The van der Waals surface area contributed by atoms with E-state index >= 15 is 4.39 Å². The minimum absolute atomic E-state index is 0.0515. The molecule has 2 N–H and O–H groups in total. The highest BCUT2D eigenvalue weighted by atomic mass is 19.1. The molecule has 198 valence electrons. The number of hydrogen-bond donors (Lipinski definition) is 1. The highest BCUT2D eigenvalue weighted by molar-refractivity contribution is 6.02. The molecule has 1 atom stereocenters. The van der Waals surface area contributed by atoms with Gasteiger partial charge in [0, 0.05) is 51.5 Å². The monoisotopic (exact) mass is 527 g/mol. The molecule has 3 aliphatic rings. The SMILES string of the molecule is NC1CCN(c2c(F)cc3c(=O)c(C(=O)N4CCN(C=O)CC4)cn4c3c2Oc2cc3ccccc3cc2-4)C1. The molecule has 2 amide bonds. The second-order valence-corrected chi connectivity index (χ2v) is 10.4. The summed E-state index contributed by atoms with van der Waals surface area (Å²) in [5, 5.41) is 1.98. The van der Waals surface area contributed by atoms with Gasteiger partial charge in [0.05, 0.1) is 11.1 Å². The van der Waals surface area contributed by atoms with Gasteiger partial charge in [0.25, 0.3) is 5.91 Å². The number of pyridine rings is 1. The number of nitrogens with two attached hydrogens (primary N) is 1. The minimum Gasteiger partial charge on any atom is -0.451 e. The third kappa shape index (κ3) is 3.66. The van der Waals surface area contributed by atoms with Gasteiger partial charge in [-0.25, -0.2) is 4.39 Å². The van der Waals surface area contributed by atoms with Crippen LogP contribution in [0.1, 0.15) is 16.8 Å². The number of piperazine rings is 1. The number of hydrogen-bond acceptors (Lipinski definition) is 6. The van der Waals surface area contributed by atoms with E-state index in [2.05, 4.69) is 0 Å². The van der Waals surface area contributed by atoms with E-state index in [0.29, 0.717) is 56.2 Å². The maximum atomic E-state index is 15.8. The fourth-order valence-corrected chi connectivity index (χ4v) is 5.93. The first-order chi connectivity index (χ1) is 18.9. The lowest BCUT2D eigenvalue weighted by Gasteiger charge is -2.33. The van der Waals surface area contributed by atoms with Crippen LogP contribution in [0.25, 0.3) is 27.4 Å². The smallest absolute Gasteiger partial charge is 0.259 e. The van der Waals surface area contributed by atoms with Crippen LogP contribution in [0, 0.1) is 5.82 Å². The fourth-order valence-electron chi connectivity index (χ4n) is 5.93. The van der Waals surface area contributed by atoms with Crippen molar-refractivity contribution in [1.29, 1.82) is 0 Å². The number of halogens is 1. The summed E-state index contributed by atoms with van der Waals surface area (Å²) in [6.07, 6.45) is 3.03. The van der Waals surface area contributed by atoms with Crippen molar-refractivity contribution in [3.05, 3.63) is 70.3 Å². The zero-order valence-electron chi connectivity index (χ0n) is 21.1. The number of benzene rings is 3. The van der Waals surface area contributed by atoms with E-state index in [1.54, 1.807) is 20.6 Å². The van der Waals surface area contributed by atoms with Crippen molar-refractivity contribution in [3.8, 4) is 17.2 Å². The molecule has 39 heavy (non-hydrogen) atoms. The fraction of sp³-hybridized carbons (Fsp3) is 0.276. The van der Waals surface area contributed by atoms with Crippen molar-refractivity contribution in [2.75, 3.05) is 44.2 Å². The molecule has 2 saturated heterocycles. The molecular formula is C29H26FN5O4. The van der Waals surface area contributed by atoms with Crippen molar-refractivity contribution < 1.29 is 18.7 Å². The average molecular weight is 528 g/mol. The van der Waals surface area contributed by atoms with Crippen LogP contribution in [0.2, 0.25) is 0 Å². The molecule has 3 aromatic carbocycles. The molecule has 1 unspecified atom stereocenters. The third-order valence-corrected chi connectivity index (χ3v) is 7.99. The molecule has 7 rings (SSSR count). The van der Waals surface area contributed by atoms with Crippen molar-refractivity contribution in [3.63, 3.8) is 0 Å². The van der Waals surface area contributed by atoms with Gasteiger partial charge in [0.15, 0.2) is 17.3 Å². The first-order valence-corrected chi connectivity index (χ1v) is 13.0. The van der Waals surface area contributed by atoms with Gasteiger partial charge in [-0.2, -0.15) is 0 Å². The van der Waals surface area contributed by atoms with Gasteiger partial charge in [-0.1, -0.05) is 24.3 Å². The van der Waals surface area contributed by atoms with Gasteiger partial charge in [0.2, 0.25) is 11.8 Å². The van der Waals surface area contributed by atoms with E-state index in [1.807, 2.05) is 41.3 Å². The molecule has 0 aliphatic carbocycles. The molecule has 0 radical (unpaired) electrons. The lowest BCUT2D eigenvalue weighted by Crippen LogP contribution is -2.49. The summed E-state index contributed by atoms with van der Waals surface area (Å²) in [6, 6.07) is 12.8. The predicted molar refractivity (Wildman–Crippen MR) is 145 cm³/mol. The molecular weight excluding hydrogens is 501 g/mol. The molecule has 0 spiro atoms. The zero-order chi connectivity index (χ0) is 26.8. The summed E-state index contributed by atoms with van der Waals surface area (Å²) in [4.78, 5) is 43.5. The Labute approximate surface area is 222 Å². The Hall–Kier alpha value is -4.44. The van der Waals surface area contributed by atoms with Crippen molar-refractivity contribution >= 4 is 39.7 Å². The standard InChI is InChI=1S/C29H26FN5O4/c30-22-13-20-25-28(26(22)34-6-5-19(31)14-34)39-24-12-18-4-2-1-3-17(18)11-23(24)35(25)15-21(27(20)37)29(38)33-9-7-32(16-36)8-10-33/h1-4,11-13,15-16,19H,5-10,14,31H2. The van der Waals surface area contributed by atoms with Gasteiger partial charge in [0.1, 0.15) is 16.8 Å². The highest BCUT2D eigenvalue weighted by Gasteiger charge is 2.34. The van der Waals surface area contributed by atoms with Crippen molar-refractivity contribution in [2.45, 2.75) is 12.5 Å².